The summed E-state index contributed by atoms with van der Waals surface area (Å²) in [4.78, 5) is 15.7. The van der Waals surface area contributed by atoms with Crippen LogP contribution in [0.15, 0.2) is 5.16 Å². The normalized spacial score (nSPS) is 29.3. The summed E-state index contributed by atoms with van der Waals surface area (Å²) in [5, 5.41) is 12.7. The fourth-order valence-electron chi connectivity index (χ4n) is 1.18. The average molecular weight is 185 g/mol. The number of nitrogens with zero attached hydrogens (tertiary/aromatic N) is 1. The summed E-state index contributed by atoms with van der Waals surface area (Å²) in [5.74, 6) is -0.643. The molecule has 0 aromatic rings. The summed E-state index contributed by atoms with van der Waals surface area (Å²) in [6, 6.07) is 0. The minimum Gasteiger partial charge on any atom is -0.478 e. The zero-order valence-corrected chi connectivity index (χ0v) is 8.20. The van der Waals surface area contributed by atoms with E-state index in [4.69, 9.17) is 9.94 Å². The van der Waals surface area contributed by atoms with Crippen molar-refractivity contribution in [2.75, 3.05) is 0 Å². The Labute approximate surface area is 77.6 Å². The topological polar surface area (TPSA) is 58.9 Å². The Morgan fingerprint density at radius 1 is 1.85 bits per heavy atom. The van der Waals surface area contributed by atoms with Gasteiger partial charge in [-0.1, -0.05) is 19.0 Å². The van der Waals surface area contributed by atoms with Gasteiger partial charge in [-0.05, 0) is 19.3 Å². The van der Waals surface area contributed by atoms with Crippen molar-refractivity contribution in [1.29, 1.82) is 0 Å². The van der Waals surface area contributed by atoms with Crippen molar-refractivity contribution in [2.24, 2.45) is 11.1 Å². The van der Waals surface area contributed by atoms with Crippen molar-refractivity contribution < 1.29 is 14.7 Å². The zero-order chi connectivity index (χ0) is 10.1. The van der Waals surface area contributed by atoms with Crippen molar-refractivity contribution in [1.82, 2.24) is 0 Å². The molecule has 0 radical (unpaired) electrons. The SMILES string of the molecule is CCC(C)C1=NOC(C)(C(=O)O)C1. The molecule has 1 heterocycles. The van der Waals surface area contributed by atoms with E-state index >= 15 is 0 Å². The minimum absolute atomic E-state index is 0.307. The number of carboxylic acids is 1. The Morgan fingerprint density at radius 3 is 2.85 bits per heavy atom. The van der Waals surface area contributed by atoms with Gasteiger partial charge < -0.3 is 9.94 Å². The summed E-state index contributed by atoms with van der Waals surface area (Å²) in [6.45, 7) is 5.62. The molecule has 0 saturated heterocycles. The van der Waals surface area contributed by atoms with Crippen molar-refractivity contribution in [3.8, 4) is 0 Å². The maximum Gasteiger partial charge on any atom is 0.351 e. The smallest absolute Gasteiger partial charge is 0.351 e. The van der Waals surface area contributed by atoms with Gasteiger partial charge in [0.15, 0.2) is 0 Å². The number of rotatable bonds is 3. The third-order valence-electron chi connectivity index (χ3n) is 2.52. The van der Waals surface area contributed by atoms with Gasteiger partial charge in [0.2, 0.25) is 5.60 Å². The molecule has 0 spiro atoms. The van der Waals surface area contributed by atoms with Gasteiger partial charge in [-0.3, -0.25) is 0 Å². The van der Waals surface area contributed by atoms with E-state index in [1.54, 1.807) is 6.92 Å². The van der Waals surface area contributed by atoms with Crippen molar-refractivity contribution in [2.45, 2.75) is 39.2 Å². The largest absolute Gasteiger partial charge is 0.478 e. The second-order valence-corrected chi connectivity index (χ2v) is 3.70. The third-order valence-corrected chi connectivity index (χ3v) is 2.52. The fraction of sp³-hybridized carbons (Fsp3) is 0.778. The van der Waals surface area contributed by atoms with Gasteiger partial charge in [-0.15, -0.1) is 0 Å². The first kappa shape index (κ1) is 10.0. The Kier molecular flexibility index (Phi) is 2.59. The van der Waals surface area contributed by atoms with Gasteiger partial charge in [0.25, 0.3) is 0 Å². The first-order valence-corrected chi connectivity index (χ1v) is 4.48. The zero-order valence-electron chi connectivity index (χ0n) is 8.20. The summed E-state index contributed by atoms with van der Waals surface area (Å²) in [6.07, 6.45) is 1.36. The number of carbonyl (C=O) groups is 1. The molecule has 1 rings (SSSR count). The highest BCUT2D eigenvalue weighted by molar-refractivity contribution is 5.93. The summed E-state index contributed by atoms with van der Waals surface area (Å²) >= 11 is 0. The maximum absolute atomic E-state index is 10.8. The van der Waals surface area contributed by atoms with E-state index in [0.717, 1.165) is 12.1 Å². The molecule has 13 heavy (non-hydrogen) atoms. The highest BCUT2D eigenvalue weighted by atomic mass is 16.7. The van der Waals surface area contributed by atoms with Crippen LogP contribution in [-0.4, -0.2) is 22.4 Å². The molecule has 0 saturated carbocycles. The lowest BCUT2D eigenvalue weighted by atomic mass is 9.92. The van der Waals surface area contributed by atoms with E-state index in [-0.39, 0.29) is 0 Å². The van der Waals surface area contributed by atoms with Gasteiger partial charge in [-0.2, -0.15) is 0 Å². The van der Waals surface area contributed by atoms with Crippen molar-refractivity contribution in [3.05, 3.63) is 0 Å². The van der Waals surface area contributed by atoms with E-state index in [9.17, 15) is 4.79 Å². The Morgan fingerprint density at radius 2 is 2.46 bits per heavy atom. The third kappa shape index (κ3) is 1.82. The van der Waals surface area contributed by atoms with Gasteiger partial charge in [0, 0.05) is 6.42 Å². The quantitative estimate of drug-likeness (QED) is 0.727. The molecule has 0 amide bonds. The van der Waals surface area contributed by atoms with Crippen LogP contribution in [0.4, 0.5) is 0 Å². The molecule has 0 aromatic carbocycles. The molecular formula is C9H15NO3. The highest BCUT2D eigenvalue weighted by Crippen LogP contribution is 2.27. The second kappa shape index (κ2) is 3.36. The molecule has 1 aliphatic heterocycles. The monoisotopic (exact) mass is 185 g/mol. The van der Waals surface area contributed by atoms with Crippen LogP contribution in [0, 0.1) is 5.92 Å². The molecule has 0 bridgehead atoms. The van der Waals surface area contributed by atoms with Gasteiger partial charge in [-0.25, -0.2) is 4.79 Å². The van der Waals surface area contributed by atoms with Crippen LogP contribution < -0.4 is 0 Å². The Hall–Kier alpha value is -1.06. The lowest BCUT2D eigenvalue weighted by molar-refractivity contribution is -0.160. The summed E-state index contributed by atoms with van der Waals surface area (Å²) < 4.78 is 0. The number of carboxylic acid groups (broad SMARTS) is 1. The van der Waals surface area contributed by atoms with Crippen LogP contribution in [-0.2, 0) is 9.63 Å². The van der Waals surface area contributed by atoms with Gasteiger partial charge in [0.05, 0.1) is 5.71 Å². The molecule has 74 valence electrons. The van der Waals surface area contributed by atoms with E-state index in [1.165, 1.54) is 0 Å². The predicted molar refractivity (Wildman–Crippen MR) is 48.6 cm³/mol. The molecule has 0 fully saturated rings. The van der Waals surface area contributed by atoms with Crippen molar-refractivity contribution in [3.63, 3.8) is 0 Å². The lowest BCUT2D eigenvalue weighted by Gasteiger charge is -2.15. The predicted octanol–water partition coefficient (Wildman–Crippen LogP) is 1.65. The lowest BCUT2D eigenvalue weighted by Crippen LogP contribution is -2.35. The Bertz CT molecular complexity index is 249. The van der Waals surface area contributed by atoms with Gasteiger partial charge in [0.1, 0.15) is 0 Å². The molecule has 2 atom stereocenters. The van der Waals surface area contributed by atoms with Gasteiger partial charge >= 0.3 is 5.97 Å². The Balaban J connectivity index is 2.65. The van der Waals surface area contributed by atoms with Crippen molar-refractivity contribution >= 4 is 11.7 Å². The van der Waals surface area contributed by atoms with Crippen LogP contribution in [0.3, 0.4) is 0 Å². The average Bonchev–Trinajstić information content (AvgIpc) is 2.48. The molecule has 0 aliphatic carbocycles. The number of hydrogen-bond donors (Lipinski definition) is 1. The van der Waals surface area contributed by atoms with Crippen LogP contribution in [0.2, 0.25) is 0 Å². The van der Waals surface area contributed by atoms with Crippen LogP contribution in [0.25, 0.3) is 0 Å². The molecule has 1 aliphatic rings. The molecule has 4 heteroatoms. The number of aliphatic carboxylic acids is 1. The summed E-state index contributed by atoms with van der Waals surface area (Å²) in [5.41, 5.74) is -0.286. The number of hydrogen-bond acceptors (Lipinski definition) is 3. The first-order chi connectivity index (χ1) is 5.99. The molecule has 4 nitrogen and oxygen atoms in total. The van der Waals surface area contributed by atoms with E-state index in [0.29, 0.717) is 12.3 Å². The first-order valence-electron chi connectivity index (χ1n) is 4.48. The van der Waals surface area contributed by atoms with Crippen LogP contribution >= 0.6 is 0 Å². The van der Waals surface area contributed by atoms with E-state index in [1.807, 2.05) is 13.8 Å². The number of oxime groups is 1. The summed E-state index contributed by atoms with van der Waals surface area (Å²) in [7, 11) is 0. The van der Waals surface area contributed by atoms with Crippen LogP contribution in [0.1, 0.15) is 33.6 Å². The molecule has 0 aromatic heterocycles. The van der Waals surface area contributed by atoms with E-state index in [2.05, 4.69) is 5.16 Å². The standard InChI is InChI=1S/C9H15NO3/c1-4-6(2)7-5-9(3,8(11)12)13-10-7/h6H,4-5H2,1-3H3,(H,11,12). The van der Waals surface area contributed by atoms with E-state index < -0.39 is 11.6 Å². The minimum atomic E-state index is -1.14. The van der Waals surface area contributed by atoms with Crippen LogP contribution in [0.5, 0.6) is 0 Å². The fourth-order valence-corrected chi connectivity index (χ4v) is 1.18. The second-order valence-electron chi connectivity index (χ2n) is 3.70. The highest BCUT2D eigenvalue weighted by Gasteiger charge is 2.42. The molecule has 2 unspecified atom stereocenters. The molecular weight excluding hydrogens is 170 g/mol. The molecule has 1 N–H and O–H groups in total. The maximum atomic E-state index is 10.8.